The molecule has 3 N–H and O–H groups in total. The normalized spacial score (nSPS) is 10.3. The minimum absolute atomic E-state index is 0.126. The lowest BCUT2D eigenvalue weighted by atomic mass is 10.0. The van der Waals surface area contributed by atoms with Gasteiger partial charge in [-0.15, -0.1) is 0 Å². The number of aryl methyl sites for hydroxylation is 3. The van der Waals surface area contributed by atoms with Gasteiger partial charge in [-0.2, -0.15) is 0 Å². The molecule has 0 fully saturated rings. The maximum absolute atomic E-state index is 11.8. The Morgan fingerprint density at radius 1 is 0.963 bits per heavy atom. The molecule has 0 aliphatic heterocycles. The largest absolute Gasteiger partial charge is 0.459 e. The van der Waals surface area contributed by atoms with Gasteiger partial charge in [0.15, 0.2) is 5.76 Å². The Bertz CT molecular complexity index is 785. The SMILES string of the molecule is Cc1ccc(CCCNC(=O)CNC(=O)CNC(=O)c2ccco2)c(C)c1. The molecule has 7 heteroatoms. The highest BCUT2D eigenvalue weighted by Crippen LogP contribution is 2.12. The van der Waals surface area contributed by atoms with Gasteiger partial charge >= 0.3 is 0 Å². The number of carbonyl (C=O) groups is 3. The van der Waals surface area contributed by atoms with Crippen molar-refractivity contribution < 1.29 is 18.8 Å². The number of hydrogen-bond donors (Lipinski definition) is 3. The molecule has 2 rings (SSSR count). The van der Waals surface area contributed by atoms with Crippen LogP contribution in [0.25, 0.3) is 0 Å². The number of carbonyl (C=O) groups excluding carboxylic acids is 3. The van der Waals surface area contributed by atoms with Crippen molar-refractivity contribution in [1.29, 1.82) is 0 Å². The average Bonchev–Trinajstić information content (AvgIpc) is 3.17. The summed E-state index contributed by atoms with van der Waals surface area (Å²) in [4.78, 5) is 35.1. The van der Waals surface area contributed by atoms with Crippen molar-refractivity contribution in [2.45, 2.75) is 26.7 Å². The third kappa shape index (κ3) is 6.97. The third-order valence-corrected chi connectivity index (χ3v) is 4.04. The Morgan fingerprint density at radius 2 is 1.70 bits per heavy atom. The molecule has 0 spiro atoms. The summed E-state index contributed by atoms with van der Waals surface area (Å²) < 4.78 is 4.92. The number of amides is 3. The quantitative estimate of drug-likeness (QED) is 0.582. The summed E-state index contributed by atoms with van der Waals surface area (Å²) in [5.74, 6) is -1.06. The van der Waals surface area contributed by atoms with Crippen molar-refractivity contribution in [2.75, 3.05) is 19.6 Å². The zero-order valence-electron chi connectivity index (χ0n) is 15.6. The van der Waals surface area contributed by atoms with E-state index in [9.17, 15) is 14.4 Å². The number of benzene rings is 1. The van der Waals surface area contributed by atoms with Gasteiger partial charge in [0, 0.05) is 6.54 Å². The Hall–Kier alpha value is -3.09. The summed E-state index contributed by atoms with van der Waals surface area (Å²) in [5.41, 5.74) is 3.77. The van der Waals surface area contributed by atoms with Gasteiger partial charge in [0.1, 0.15) is 0 Å². The van der Waals surface area contributed by atoms with E-state index in [2.05, 4.69) is 48.0 Å². The zero-order valence-corrected chi connectivity index (χ0v) is 15.6. The van der Waals surface area contributed by atoms with E-state index in [-0.39, 0.29) is 24.8 Å². The number of nitrogens with one attached hydrogen (secondary N) is 3. The van der Waals surface area contributed by atoms with E-state index in [4.69, 9.17) is 4.42 Å². The van der Waals surface area contributed by atoms with Gasteiger partial charge in [0.25, 0.3) is 5.91 Å². The molecule has 0 unspecified atom stereocenters. The molecule has 7 nitrogen and oxygen atoms in total. The van der Waals surface area contributed by atoms with E-state index in [0.717, 1.165) is 12.8 Å². The first kappa shape index (κ1) is 20.2. The molecular formula is C20H25N3O4. The molecule has 27 heavy (non-hydrogen) atoms. The van der Waals surface area contributed by atoms with Gasteiger partial charge < -0.3 is 20.4 Å². The van der Waals surface area contributed by atoms with Crippen molar-refractivity contribution in [3.05, 3.63) is 59.0 Å². The predicted molar refractivity (Wildman–Crippen MR) is 101 cm³/mol. The van der Waals surface area contributed by atoms with Crippen LogP contribution in [0, 0.1) is 13.8 Å². The van der Waals surface area contributed by atoms with Crippen molar-refractivity contribution in [3.63, 3.8) is 0 Å². The smallest absolute Gasteiger partial charge is 0.287 e. The summed E-state index contributed by atoms with van der Waals surface area (Å²) in [5, 5.41) is 7.64. The van der Waals surface area contributed by atoms with E-state index in [0.29, 0.717) is 6.54 Å². The first-order valence-electron chi connectivity index (χ1n) is 8.87. The van der Waals surface area contributed by atoms with E-state index in [1.54, 1.807) is 6.07 Å². The summed E-state index contributed by atoms with van der Waals surface area (Å²) in [6, 6.07) is 9.43. The van der Waals surface area contributed by atoms with Crippen molar-refractivity contribution in [1.82, 2.24) is 16.0 Å². The fourth-order valence-electron chi connectivity index (χ4n) is 2.59. The summed E-state index contributed by atoms with van der Waals surface area (Å²) in [7, 11) is 0. The molecule has 3 amide bonds. The predicted octanol–water partition coefficient (Wildman–Crippen LogP) is 1.49. The van der Waals surface area contributed by atoms with Crippen molar-refractivity contribution >= 4 is 17.7 Å². The van der Waals surface area contributed by atoms with E-state index < -0.39 is 11.8 Å². The maximum atomic E-state index is 11.8. The standard InChI is InChI=1S/C20H25N3O4/c1-14-7-8-16(15(2)11-14)5-3-9-21-18(24)12-22-19(25)13-23-20(26)17-6-4-10-27-17/h4,6-8,10-11H,3,5,9,12-13H2,1-2H3,(H,21,24)(H,22,25)(H,23,26). The highest BCUT2D eigenvalue weighted by Gasteiger charge is 2.11. The van der Waals surface area contributed by atoms with Crippen LogP contribution in [0.15, 0.2) is 41.0 Å². The van der Waals surface area contributed by atoms with Crippen LogP contribution in [-0.4, -0.2) is 37.4 Å². The van der Waals surface area contributed by atoms with Crippen molar-refractivity contribution in [2.24, 2.45) is 0 Å². The van der Waals surface area contributed by atoms with Gasteiger partial charge in [-0.1, -0.05) is 23.8 Å². The summed E-state index contributed by atoms with van der Waals surface area (Å²) in [6.45, 7) is 4.34. The zero-order chi connectivity index (χ0) is 19.6. The van der Waals surface area contributed by atoms with E-state index >= 15 is 0 Å². The molecule has 0 aliphatic rings. The number of hydrogen-bond acceptors (Lipinski definition) is 4. The fraction of sp³-hybridized carbons (Fsp3) is 0.350. The van der Waals surface area contributed by atoms with Crippen LogP contribution in [-0.2, 0) is 16.0 Å². The van der Waals surface area contributed by atoms with Crippen LogP contribution in [0.5, 0.6) is 0 Å². The van der Waals surface area contributed by atoms with Crippen LogP contribution in [0.1, 0.15) is 33.7 Å². The molecule has 0 radical (unpaired) electrons. The second-order valence-corrected chi connectivity index (χ2v) is 6.32. The Labute approximate surface area is 158 Å². The van der Waals surface area contributed by atoms with Gasteiger partial charge in [0.2, 0.25) is 11.8 Å². The highest BCUT2D eigenvalue weighted by molar-refractivity contribution is 5.94. The van der Waals surface area contributed by atoms with Crippen LogP contribution in [0.3, 0.4) is 0 Å². The second-order valence-electron chi connectivity index (χ2n) is 6.32. The van der Waals surface area contributed by atoms with Gasteiger partial charge in [-0.05, 0) is 49.9 Å². The molecule has 1 heterocycles. The van der Waals surface area contributed by atoms with Crippen LogP contribution in [0.4, 0.5) is 0 Å². The fourth-order valence-corrected chi connectivity index (χ4v) is 2.59. The number of rotatable bonds is 9. The van der Waals surface area contributed by atoms with Crippen LogP contribution >= 0.6 is 0 Å². The number of furan rings is 1. The van der Waals surface area contributed by atoms with Crippen LogP contribution in [0.2, 0.25) is 0 Å². The lowest BCUT2D eigenvalue weighted by molar-refractivity contribution is -0.125. The van der Waals surface area contributed by atoms with Gasteiger partial charge in [0.05, 0.1) is 19.4 Å². The van der Waals surface area contributed by atoms with Crippen molar-refractivity contribution in [3.8, 4) is 0 Å². The van der Waals surface area contributed by atoms with E-state index in [1.165, 1.54) is 29.0 Å². The molecule has 0 bridgehead atoms. The minimum atomic E-state index is -0.481. The molecule has 0 aliphatic carbocycles. The van der Waals surface area contributed by atoms with E-state index in [1.807, 2.05) is 0 Å². The highest BCUT2D eigenvalue weighted by atomic mass is 16.3. The molecule has 1 aromatic heterocycles. The molecule has 0 saturated carbocycles. The lowest BCUT2D eigenvalue weighted by Crippen LogP contribution is -2.42. The molecule has 144 valence electrons. The summed E-state index contributed by atoms with van der Waals surface area (Å²) in [6.07, 6.45) is 3.08. The average molecular weight is 371 g/mol. The first-order chi connectivity index (χ1) is 13.0. The molecule has 1 aromatic carbocycles. The van der Waals surface area contributed by atoms with Gasteiger partial charge in [-0.25, -0.2) is 0 Å². The van der Waals surface area contributed by atoms with Crippen LogP contribution < -0.4 is 16.0 Å². The topological polar surface area (TPSA) is 100 Å². The Balaban J connectivity index is 1.57. The third-order valence-electron chi connectivity index (χ3n) is 4.04. The maximum Gasteiger partial charge on any atom is 0.287 e. The molecule has 2 aromatic rings. The lowest BCUT2D eigenvalue weighted by Gasteiger charge is -2.09. The monoisotopic (exact) mass is 371 g/mol. The molecular weight excluding hydrogens is 346 g/mol. The minimum Gasteiger partial charge on any atom is -0.459 e. The Morgan fingerprint density at radius 3 is 2.41 bits per heavy atom. The molecule has 0 atom stereocenters. The van der Waals surface area contributed by atoms with Gasteiger partial charge in [-0.3, -0.25) is 14.4 Å². The molecule has 0 saturated heterocycles. The first-order valence-corrected chi connectivity index (χ1v) is 8.87. The Kier molecular flexibility index (Phi) is 7.61. The second kappa shape index (κ2) is 10.2. The summed E-state index contributed by atoms with van der Waals surface area (Å²) >= 11 is 0.